The number of aliphatic imine (C=N–C) groups is 1. The molecule has 2 heterocycles. The summed E-state index contributed by atoms with van der Waals surface area (Å²) in [6, 6.07) is 6.04. The van der Waals surface area contributed by atoms with Gasteiger partial charge in [0.25, 0.3) is 0 Å². The highest BCUT2D eigenvalue weighted by Gasteiger charge is 2.14. The lowest BCUT2D eigenvalue weighted by atomic mass is 9.99. The Morgan fingerprint density at radius 2 is 2.08 bits per heavy atom. The second-order valence-electron chi connectivity index (χ2n) is 6.64. The van der Waals surface area contributed by atoms with Gasteiger partial charge in [0.05, 0.1) is 0 Å². The summed E-state index contributed by atoms with van der Waals surface area (Å²) in [5.41, 5.74) is 1.11. The van der Waals surface area contributed by atoms with Crippen LogP contribution in [0.25, 0.3) is 0 Å². The zero-order valence-corrected chi connectivity index (χ0v) is 18.0. The smallest absolute Gasteiger partial charge is 0.191 e. The molecule has 0 atom stereocenters. The van der Waals surface area contributed by atoms with E-state index in [1.807, 2.05) is 18.3 Å². The van der Waals surface area contributed by atoms with Crippen molar-refractivity contribution in [2.24, 2.45) is 10.9 Å². The lowest BCUT2D eigenvalue weighted by molar-refractivity contribution is 0.192. The van der Waals surface area contributed by atoms with Gasteiger partial charge >= 0.3 is 0 Å². The Kier molecular flexibility index (Phi) is 11.8. The molecule has 1 aliphatic heterocycles. The van der Waals surface area contributed by atoms with E-state index in [1.54, 1.807) is 0 Å². The molecular weight excluding hydrogens is 425 g/mol. The minimum absolute atomic E-state index is 0. The van der Waals surface area contributed by atoms with Crippen molar-refractivity contribution in [1.29, 1.82) is 0 Å². The number of hydrogen-bond acceptors (Lipinski definition) is 3. The van der Waals surface area contributed by atoms with E-state index in [1.165, 1.54) is 32.5 Å². The number of nitrogens with one attached hydrogen (secondary N) is 2. The number of guanidine groups is 1. The van der Waals surface area contributed by atoms with Gasteiger partial charge in [-0.1, -0.05) is 13.0 Å². The molecule has 1 saturated heterocycles. The number of aromatic nitrogens is 1. The molecule has 1 aromatic rings. The molecule has 5 nitrogen and oxygen atoms in total. The first-order valence-corrected chi connectivity index (χ1v) is 9.42. The first kappa shape index (κ1) is 22.2. The molecule has 0 amide bonds. The Labute approximate surface area is 170 Å². The van der Waals surface area contributed by atoms with Gasteiger partial charge in [0, 0.05) is 37.9 Å². The minimum atomic E-state index is 0. The predicted molar refractivity (Wildman–Crippen MR) is 117 cm³/mol. The lowest BCUT2D eigenvalue weighted by Crippen LogP contribution is -2.38. The van der Waals surface area contributed by atoms with Gasteiger partial charge in [-0.3, -0.25) is 9.98 Å². The standard InChI is InChI=1S/C19H33N5.HI/c1-3-20-19(23-13-8-18-7-4-5-11-21-18)22-12-6-14-24-15-9-17(2)10-16-24;/h4-5,7,11,17H,3,6,8-10,12-16H2,1-2H3,(H2,20,22,23);1H. The number of halogens is 1. The van der Waals surface area contributed by atoms with Crippen LogP contribution in [0.15, 0.2) is 29.4 Å². The van der Waals surface area contributed by atoms with E-state index >= 15 is 0 Å². The number of pyridine rings is 1. The third-order valence-electron chi connectivity index (χ3n) is 4.52. The average Bonchev–Trinajstić information content (AvgIpc) is 2.61. The topological polar surface area (TPSA) is 52.6 Å². The van der Waals surface area contributed by atoms with Gasteiger partial charge in [0.15, 0.2) is 5.96 Å². The van der Waals surface area contributed by atoms with E-state index in [4.69, 9.17) is 4.99 Å². The van der Waals surface area contributed by atoms with Crippen molar-refractivity contribution < 1.29 is 0 Å². The van der Waals surface area contributed by atoms with E-state index < -0.39 is 0 Å². The van der Waals surface area contributed by atoms with Gasteiger partial charge in [0.2, 0.25) is 0 Å². The maximum Gasteiger partial charge on any atom is 0.191 e. The Bertz CT molecular complexity index is 472. The number of nitrogens with zero attached hydrogens (tertiary/aromatic N) is 3. The van der Waals surface area contributed by atoms with Crippen molar-refractivity contribution in [3.8, 4) is 0 Å². The van der Waals surface area contributed by atoms with Crippen molar-refractivity contribution in [2.75, 3.05) is 39.3 Å². The average molecular weight is 459 g/mol. The summed E-state index contributed by atoms with van der Waals surface area (Å²) in [5, 5.41) is 6.72. The second-order valence-corrected chi connectivity index (χ2v) is 6.64. The van der Waals surface area contributed by atoms with Crippen LogP contribution < -0.4 is 10.6 Å². The summed E-state index contributed by atoms with van der Waals surface area (Å²) < 4.78 is 0. The molecule has 0 saturated carbocycles. The van der Waals surface area contributed by atoms with E-state index in [-0.39, 0.29) is 24.0 Å². The highest BCUT2D eigenvalue weighted by atomic mass is 127. The number of rotatable bonds is 8. The third-order valence-corrected chi connectivity index (χ3v) is 4.52. The van der Waals surface area contributed by atoms with Crippen molar-refractivity contribution in [3.05, 3.63) is 30.1 Å². The molecule has 1 aliphatic rings. The highest BCUT2D eigenvalue weighted by molar-refractivity contribution is 14.0. The second kappa shape index (κ2) is 13.3. The molecule has 2 rings (SSSR count). The monoisotopic (exact) mass is 459 g/mol. The van der Waals surface area contributed by atoms with Crippen LogP contribution in [0.3, 0.4) is 0 Å². The van der Waals surface area contributed by atoms with E-state index in [0.717, 1.165) is 50.0 Å². The number of likely N-dealkylation sites (tertiary alicyclic amines) is 1. The van der Waals surface area contributed by atoms with E-state index in [9.17, 15) is 0 Å². The SMILES string of the molecule is CCNC(=NCCCN1CCC(C)CC1)NCCc1ccccn1.I. The van der Waals surface area contributed by atoms with Gasteiger partial charge in [-0.2, -0.15) is 0 Å². The highest BCUT2D eigenvalue weighted by Crippen LogP contribution is 2.15. The summed E-state index contributed by atoms with van der Waals surface area (Å²) in [6.07, 6.45) is 6.58. The van der Waals surface area contributed by atoms with E-state index in [2.05, 4.69) is 40.4 Å². The molecule has 6 heteroatoms. The summed E-state index contributed by atoms with van der Waals surface area (Å²) in [6.45, 7) is 10.8. The molecule has 0 aromatic carbocycles. The summed E-state index contributed by atoms with van der Waals surface area (Å²) >= 11 is 0. The van der Waals surface area contributed by atoms with Crippen LogP contribution in [-0.2, 0) is 6.42 Å². The third kappa shape index (κ3) is 9.39. The van der Waals surface area contributed by atoms with Crippen molar-refractivity contribution >= 4 is 29.9 Å². The molecule has 0 spiro atoms. The van der Waals surface area contributed by atoms with Gasteiger partial charge < -0.3 is 15.5 Å². The first-order valence-electron chi connectivity index (χ1n) is 9.42. The maximum absolute atomic E-state index is 4.69. The largest absolute Gasteiger partial charge is 0.357 e. The summed E-state index contributed by atoms with van der Waals surface area (Å²) in [4.78, 5) is 11.6. The maximum atomic E-state index is 4.69. The Morgan fingerprint density at radius 3 is 2.76 bits per heavy atom. The molecule has 0 radical (unpaired) electrons. The van der Waals surface area contributed by atoms with Gasteiger partial charge in [-0.15, -0.1) is 24.0 Å². The van der Waals surface area contributed by atoms with Crippen LogP contribution in [0.4, 0.5) is 0 Å². The molecule has 0 aliphatic carbocycles. The molecule has 0 unspecified atom stereocenters. The zero-order valence-electron chi connectivity index (χ0n) is 15.7. The Morgan fingerprint density at radius 1 is 1.28 bits per heavy atom. The van der Waals surface area contributed by atoms with Crippen molar-refractivity contribution in [2.45, 2.75) is 39.5 Å². The zero-order chi connectivity index (χ0) is 17.0. The fraction of sp³-hybridized carbons (Fsp3) is 0.684. The minimum Gasteiger partial charge on any atom is -0.357 e. The predicted octanol–water partition coefficient (Wildman–Crippen LogP) is 2.92. The normalized spacial score (nSPS) is 16.3. The molecule has 1 aromatic heterocycles. The Balaban J connectivity index is 0.00000312. The van der Waals surface area contributed by atoms with E-state index in [0.29, 0.717) is 0 Å². The van der Waals surface area contributed by atoms with Crippen LogP contribution >= 0.6 is 24.0 Å². The van der Waals surface area contributed by atoms with Gasteiger partial charge in [-0.25, -0.2) is 0 Å². The van der Waals surface area contributed by atoms with Crippen LogP contribution in [-0.4, -0.2) is 55.1 Å². The van der Waals surface area contributed by atoms with Gasteiger partial charge in [0.1, 0.15) is 0 Å². The fourth-order valence-corrected chi connectivity index (χ4v) is 2.97. The quantitative estimate of drug-likeness (QED) is 0.272. The molecule has 1 fully saturated rings. The van der Waals surface area contributed by atoms with Crippen LogP contribution in [0, 0.1) is 5.92 Å². The summed E-state index contributed by atoms with van der Waals surface area (Å²) in [5.74, 6) is 1.82. The first-order chi connectivity index (χ1) is 11.8. The fourth-order valence-electron chi connectivity index (χ4n) is 2.97. The number of piperidine rings is 1. The summed E-state index contributed by atoms with van der Waals surface area (Å²) in [7, 11) is 0. The van der Waals surface area contributed by atoms with Gasteiger partial charge in [-0.05, 0) is 63.9 Å². The van der Waals surface area contributed by atoms with Crippen LogP contribution in [0.5, 0.6) is 0 Å². The lowest BCUT2D eigenvalue weighted by Gasteiger charge is -2.29. The molecule has 2 N–H and O–H groups in total. The number of hydrogen-bond donors (Lipinski definition) is 2. The van der Waals surface area contributed by atoms with Crippen molar-refractivity contribution in [1.82, 2.24) is 20.5 Å². The molecule has 25 heavy (non-hydrogen) atoms. The van der Waals surface area contributed by atoms with Crippen LogP contribution in [0.2, 0.25) is 0 Å². The molecule has 142 valence electrons. The molecule has 0 bridgehead atoms. The van der Waals surface area contributed by atoms with Crippen molar-refractivity contribution in [3.63, 3.8) is 0 Å². The van der Waals surface area contributed by atoms with Crippen LogP contribution in [0.1, 0.15) is 38.8 Å². The Hall–Kier alpha value is -0.890. The molecular formula is C19H34IN5.